The second-order valence-corrected chi connectivity index (χ2v) is 6.72. The number of esters is 1. The number of nitrogens with one attached hydrogen (secondary N) is 1. The molecule has 1 atom stereocenters. The summed E-state index contributed by atoms with van der Waals surface area (Å²) in [4.78, 5) is 24.2. The SMILES string of the molecule is C[C@@H](NC(=O)COC(=O)c1ccc2c(c1)CCCC2)c1ccc(F)cc1F. The summed E-state index contributed by atoms with van der Waals surface area (Å²) in [6.45, 7) is 1.10. The number of carbonyl (C=O) groups excluding carboxylic acids is 2. The molecule has 1 amide bonds. The number of ether oxygens (including phenoxy) is 1. The maximum Gasteiger partial charge on any atom is 0.338 e. The number of fused-ring (bicyclic) bond motifs is 1. The Hall–Kier alpha value is -2.76. The van der Waals surface area contributed by atoms with Gasteiger partial charge in [0.2, 0.25) is 0 Å². The zero-order chi connectivity index (χ0) is 19.4. The number of halogens is 2. The number of amides is 1. The first-order valence-electron chi connectivity index (χ1n) is 8.97. The minimum Gasteiger partial charge on any atom is -0.452 e. The summed E-state index contributed by atoms with van der Waals surface area (Å²) in [5.74, 6) is -2.56. The predicted octanol–water partition coefficient (Wildman–Crippen LogP) is 3.88. The summed E-state index contributed by atoms with van der Waals surface area (Å²) < 4.78 is 31.8. The molecule has 0 saturated heterocycles. The summed E-state index contributed by atoms with van der Waals surface area (Å²) in [5.41, 5.74) is 2.98. The van der Waals surface area contributed by atoms with Crippen LogP contribution in [0.25, 0.3) is 0 Å². The van der Waals surface area contributed by atoms with Crippen molar-refractivity contribution in [2.45, 2.75) is 38.6 Å². The van der Waals surface area contributed by atoms with E-state index in [0.717, 1.165) is 43.4 Å². The normalized spacial score (nSPS) is 14.2. The van der Waals surface area contributed by atoms with Gasteiger partial charge in [-0.05, 0) is 61.9 Å². The van der Waals surface area contributed by atoms with E-state index in [0.29, 0.717) is 5.56 Å². The lowest BCUT2D eigenvalue weighted by molar-refractivity contribution is -0.124. The number of benzene rings is 2. The summed E-state index contributed by atoms with van der Waals surface area (Å²) in [5, 5.41) is 2.53. The Bertz CT molecular complexity index is 867. The fourth-order valence-corrected chi connectivity index (χ4v) is 3.29. The molecule has 2 aromatic carbocycles. The average Bonchev–Trinajstić information content (AvgIpc) is 2.65. The molecule has 1 aliphatic carbocycles. The van der Waals surface area contributed by atoms with E-state index in [1.54, 1.807) is 13.0 Å². The van der Waals surface area contributed by atoms with Gasteiger partial charge in [-0.15, -0.1) is 0 Å². The highest BCUT2D eigenvalue weighted by molar-refractivity contribution is 5.91. The lowest BCUT2D eigenvalue weighted by Gasteiger charge is -2.17. The van der Waals surface area contributed by atoms with Gasteiger partial charge in [0.1, 0.15) is 11.6 Å². The molecular formula is C21H21F2NO3. The smallest absolute Gasteiger partial charge is 0.338 e. The van der Waals surface area contributed by atoms with Crippen molar-refractivity contribution >= 4 is 11.9 Å². The molecule has 3 rings (SSSR count). The second-order valence-electron chi connectivity index (χ2n) is 6.72. The molecule has 0 unspecified atom stereocenters. The number of rotatable bonds is 5. The lowest BCUT2D eigenvalue weighted by atomic mass is 9.90. The Balaban J connectivity index is 1.54. The molecule has 0 spiro atoms. The first-order chi connectivity index (χ1) is 12.9. The second kappa shape index (κ2) is 8.29. The Morgan fingerprint density at radius 3 is 2.56 bits per heavy atom. The largest absolute Gasteiger partial charge is 0.452 e. The van der Waals surface area contributed by atoms with Crippen LogP contribution >= 0.6 is 0 Å². The van der Waals surface area contributed by atoms with Crippen LogP contribution in [-0.4, -0.2) is 18.5 Å². The van der Waals surface area contributed by atoms with Gasteiger partial charge >= 0.3 is 5.97 Å². The average molecular weight is 373 g/mol. The third kappa shape index (κ3) is 4.70. The van der Waals surface area contributed by atoms with Crippen molar-refractivity contribution in [2.75, 3.05) is 6.61 Å². The molecule has 0 fully saturated rings. The molecule has 0 aliphatic heterocycles. The molecule has 6 heteroatoms. The molecule has 1 N–H and O–H groups in total. The molecule has 1 aliphatic rings. The van der Waals surface area contributed by atoms with E-state index in [9.17, 15) is 18.4 Å². The maximum absolute atomic E-state index is 13.7. The molecule has 142 valence electrons. The fraction of sp³-hybridized carbons (Fsp3) is 0.333. The molecule has 0 saturated carbocycles. The summed E-state index contributed by atoms with van der Waals surface area (Å²) in [7, 11) is 0. The van der Waals surface area contributed by atoms with Crippen LogP contribution in [0, 0.1) is 11.6 Å². The van der Waals surface area contributed by atoms with Crippen LogP contribution in [-0.2, 0) is 22.4 Å². The molecule has 27 heavy (non-hydrogen) atoms. The predicted molar refractivity (Wildman–Crippen MR) is 96.3 cm³/mol. The number of hydrogen-bond donors (Lipinski definition) is 1. The van der Waals surface area contributed by atoms with Crippen LogP contribution in [0.1, 0.15) is 52.9 Å². The summed E-state index contributed by atoms with van der Waals surface area (Å²) in [6.07, 6.45) is 4.22. The third-order valence-electron chi connectivity index (χ3n) is 4.73. The van der Waals surface area contributed by atoms with Crippen molar-refractivity contribution in [1.29, 1.82) is 0 Å². The summed E-state index contributed by atoms with van der Waals surface area (Å²) in [6, 6.07) is 7.94. The van der Waals surface area contributed by atoms with Crippen LogP contribution < -0.4 is 5.32 Å². The zero-order valence-corrected chi connectivity index (χ0v) is 15.1. The van der Waals surface area contributed by atoms with E-state index in [2.05, 4.69) is 5.32 Å². The van der Waals surface area contributed by atoms with E-state index in [4.69, 9.17) is 4.74 Å². The minimum absolute atomic E-state index is 0.158. The highest BCUT2D eigenvalue weighted by Crippen LogP contribution is 2.22. The van der Waals surface area contributed by atoms with Crippen LogP contribution in [0.3, 0.4) is 0 Å². The molecule has 0 radical (unpaired) electrons. The summed E-state index contributed by atoms with van der Waals surface area (Å²) >= 11 is 0. The minimum atomic E-state index is -0.742. The van der Waals surface area contributed by atoms with E-state index in [-0.39, 0.29) is 5.56 Å². The first-order valence-corrected chi connectivity index (χ1v) is 8.97. The van der Waals surface area contributed by atoms with Crippen molar-refractivity contribution in [2.24, 2.45) is 0 Å². The van der Waals surface area contributed by atoms with Crippen LogP contribution in [0.2, 0.25) is 0 Å². The van der Waals surface area contributed by atoms with Crippen molar-refractivity contribution in [3.63, 3.8) is 0 Å². The highest BCUT2D eigenvalue weighted by Gasteiger charge is 2.17. The van der Waals surface area contributed by atoms with Gasteiger partial charge in [0, 0.05) is 11.6 Å². The van der Waals surface area contributed by atoms with E-state index >= 15 is 0 Å². The van der Waals surface area contributed by atoms with E-state index in [1.165, 1.54) is 11.6 Å². The monoisotopic (exact) mass is 373 g/mol. The Morgan fingerprint density at radius 1 is 1.07 bits per heavy atom. The molecule has 4 nitrogen and oxygen atoms in total. The van der Waals surface area contributed by atoms with Gasteiger partial charge in [-0.2, -0.15) is 0 Å². The third-order valence-corrected chi connectivity index (χ3v) is 4.73. The van der Waals surface area contributed by atoms with Crippen molar-refractivity contribution < 1.29 is 23.1 Å². The molecule has 2 aromatic rings. The molecule has 0 aromatic heterocycles. The molecular weight excluding hydrogens is 352 g/mol. The fourth-order valence-electron chi connectivity index (χ4n) is 3.29. The van der Waals surface area contributed by atoms with Crippen molar-refractivity contribution in [3.05, 3.63) is 70.3 Å². The van der Waals surface area contributed by atoms with Gasteiger partial charge in [-0.1, -0.05) is 12.1 Å². The standard InChI is InChI=1S/C21H21F2NO3/c1-13(18-9-8-17(22)11-19(18)23)24-20(25)12-27-21(26)16-7-6-14-4-2-3-5-15(14)10-16/h6-11,13H,2-5,12H2,1H3,(H,24,25)/t13-/m1/s1. The Kier molecular flexibility index (Phi) is 5.84. The molecule has 0 bridgehead atoms. The van der Waals surface area contributed by atoms with Crippen LogP contribution in [0.4, 0.5) is 8.78 Å². The lowest BCUT2D eigenvalue weighted by Crippen LogP contribution is -2.31. The first kappa shape index (κ1) is 19.0. The highest BCUT2D eigenvalue weighted by atomic mass is 19.1. The van der Waals surface area contributed by atoms with Crippen LogP contribution in [0.5, 0.6) is 0 Å². The van der Waals surface area contributed by atoms with E-state index in [1.807, 2.05) is 12.1 Å². The van der Waals surface area contributed by atoms with Gasteiger partial charge in [0.05, 0.1) is 11.6 Å². The van der Waals surface area contributed by atoms with Gasteiger partial charge in [-0.25, -0.2) is 13.6 Å². The number of aryl methyl sites for hydroxylation is 2. The van der Waals surface area contributed by atoms with E-state index < -0.39 is 36.2 Å². The van der Waals surface area contributed by atoms with Crippen molar-refractivity contribution in [1.82, 2.24) is 5.32 Å². The van der Waals surface area contributed by atoms with Crippen molar-refractivity contribution in [3.8, 4) is 0 Å². The van der Waals surface area contributed by atoms with Gasteiger partial charge in [-0.3, -0.25) is 4.79 Å². The van der Waals surface area contributed by atoms with Crippen LogP contribution in [0.15, 0.2) is 36.4 Å². The van der Waals surface area contributed by atoms with Gasteiger partial charge in [0.15, 0.2) is 6.61 Å². The molecule has 0 heterocycles. The Morgan fingerprint density at radius 2 is 1.81 bits per heavy atom. The van der Waals surface area contributed by atoms with Gasteiger partial charge in [0.25, 0.3) is 5.91 Å². The Labute approximate surface area is 156 Å². The maximum atomic E-state index is 13.7. The topological polar surface area (TPSA) is 55.4 Å². The zero-order valence-electron chi connectivity index (χ0n) is 15.1. The number of hydrogen-bond acceptors (Lipinski definition) is 3. The quantitative estimate of drug-likeness (QED) is 0.810. The van der Waals surface area contributed by atoms with Gasteiger partial charge < -0.3 is 10.1 Å². The number of carbonyl (C=O) groups is 2.